The number of β-lactam (4-membered cyclic amide) rings is 1. The second-order valence-electron chi connectivity index (χ2n) is 6.88. The van der Waals surface area contributed by atoms with Gasteiger partial charge in [-0.25, -0.2) is 4.79 Å². The van der Waals surface area contributed by atoms with E-state index in [1.54, 1.807) is 37.3 Å². The normalized spacial score (nSPS) is 20.6. The molecule has 0 radical (unpaired) electrons. The average molecular weight is 447 g/mol. The van der Waals surface area contributed by atoms with Crippen LogP contribution in [0.15, 0.2) is 41.4 Å². The first-order chi connectivity index (χ1) is 14.5. The Kier molecular flexibility index (Phi) is 6.14. The SMILES string of the molecule is COCc1sccc1C1=C(C(=O)OCc2ccc(OC)cc2)N2C(=O)[C@@H](N)[C@H]2SC1. The maximum atomic E-state index is 13.1. The van der Waals surface area contributed by atoms with Gasteiger partial charge in [0.2, 0.25) is 5.91 Å². The summed E-state index contributed by atoms with van der Waals surface area (Å²) >= 11 is 3.12. The molecule has 1 saturated heterocycles. The van der Waals surface area contributed by atoms with Crippen molar-refractivity contribution in [2.75, 3.05) is 20.0 Å². The number of hydrogen-bond donors (Lipinski definition) is 1. The maximum absolute atomic E-state index is 13.1. The van der Waals surface area contributed by atoms with E-state index in [0.717, 1.165) is 27.3 Å². The molecule has 2 N–H and O–H groups in total. The molecule has 4 rings (SSSR count). The van der Waals surface area contributed by atoms with Gasteiger partial charge in [0, 0.05) is 23.3 Å². The molecule has 0 bridgehead atoms. The molecule has 0 saturated carbocycles. The monoisotopic (exact) mass is 446 g/mol. The van der Waals surface area contributed by atoms with Crippen LogP contribution in [0.3, 0.4) is 0 Å². The molecule has 1 amide bonds. The van der Waals surface area contributed by atoms with Crippen molar-refractivity contribution in [2.45, 2.75) is 24.6 Å². The van der Waals surface area contributed by atoms with E-state index in [9.17, 15) is 9.59 Å². The smallest absolute Gasteiger partial charge is 0.355 e. The Hall–Kier alpha value is -2.33. The van der Waals surface area contributed by atoms with E-state index in [2.05, 4.69) is 0 Å². The zero-order valence-corrected chi connectivity index (χ0v) is 18.3. The zero-order chi connectivity index (χ0) is 21.3. The van der Waals surface area contributed by atoms with Gasteiger partial charge in [-0.3, -0.25) is 9.69 Å². The number of benzene rings is 1. The number of amides is 1. The standard InChI is InChI=1S/C21H22N2O5S2/c1-26-10-16-14(7-8-29-16)15-11-30-20-17(22)19(24)23(20)18(15)21(25)28-9-12-3-5-13(27-2)6-4-12/h3-8,17,20H,9-11,22H2,1-2H3/t17-,20-/m1/s1. The highest BCUT2D eigenvalue weighted by atomic mass is 32.2. The van der Waals surface area contributed by atoms with Gasteiger partial charge in [-0.2, -0.15) is 0 Å². The third kappa shape index (κ3) is 3.74. The van der Waals surface area contributed by atoms with Crippen molar-refractivity contribution in [3.63, 3.8) is 0 Å². The topological polar surface area (TPSA) is 91.1 Å². The number of nitrogens with zero attached hydrogens (tertiary/aromatic N) is 1. The van der Waals surface area contributed by atoms with Crippen LogP contribution in [0.5, 0.6) is 5.75 Å². The number of rotatable bonds is 7. The Morgan fingerprint density at radius 1 is 1.20 bits per heavy atom. The molecule has 1 aromatic heterocycles. The molecule has 1 fully saturated rings. The third-order valence-corrected chi connectivity index (χ3v) is 7.27. The van der Waals surface area contributed by atoms with Crippen LogP contribution in [-0.2, 0) is 32.3 Å². The van der Waals surface area contributed by atoms with E-state index in [-0.39, 0.29) is 23.6 Å². The minimum atomic E-state index is -0.596. The van der Waals surface area contributed by atoms with Crippen molar-refractivity contribution in [1.29, 1.82) is 0 Å². The summed E-state index contributed by atoms with van der Waals surface area (Å²) < 4.78 is 16.0. The van der Waals surface area contributed by atoms with Crippen molar-refractivity contribution in [3.8, 4) is 5.75 Å². The number of fused-ring (bicyclic) bond motifs is 1. The van der Waals surface area contributed by atoms with Crippen LogP contribution in [0.4, 0.5) is 0 Å². The van der Waals surface area contributed by atoms with Gasteiger partial charge in [0.1, 0.15) is 29.5 Å². The summed E-state index contributed by atoms with van der Waals surface area (Å²) in [7, 11) is 3.23. The van der Waals surface area contributed by atoms with Crippen LogP contribution >= 0.6 is 23.1 Å². The summed E-state index contributed by atoms with van der Waals surface area (Å²) in [5, 5.41) is 1.71. The van der Waals surface area contributed by atoms with E-state index in [1.165, 1.54) is 4.90 Å². The molecule has 1 aromatic carbocycles. The minimum Gasteiger partial charge on any atom is -0.497 e. The first-order valence-corrected chi connectivity index (χ1v) is 11.3. The highest BCUT2D eigenvalue weighted by Crippen LogP contribution is 2.44. The van der Waals surface area contributed by atoms with Gasteiger partial charge in [-0.05, 0) is 34.7 Å². The summed E-state index contributed by atoms with van der Waals surface area (Å²) in [4.78, 5) is 28.1. The largest absolute Gasteiger partial charge is 0.497 e. The van der Waals surface area contributed by atoms with Crippen molar-refractivity contribution < 1.29 is 23.8 Å². The summed E-state index contributed by atoms with van der Waals surface area (Å²) in [6.07, 6.45) is 0. The third-order valence-electron chi connectivity index (χ3n) is 5.08. The lowest BCUT2D eigenvalue weighted by Crippen LogP contribution is -2.68. The first-order valence-electron chi connectivity index (χ1n) is 9.34. The van der Waals surface area contributed by atoms with E-state index >= 15 is 0 Å². The number of esters is 1. The van der Waals surface area contributed by atoms with Crippen LogP contribution in [-0.4, -0.2) is 48.2 Å². The number of ether oxygens (including phenoxy) is 3. The highest BCUT2D eigenvalue weighted by molar-refractivity contribution is 8.00. The molecule has 2 aliphatic rings. The number of carbonyl (C=O) groups excluding carboxylic acids is 2. The fourth-order valence-corrected chi connectivity index (χ4v) is 5.69. The lowest BCUT2D eigenvalue weighted by Gasteiger charge is -2.48. The number of carbonyl (C=O) groups is 2. The Bertz CT molecular complexity index is 986. The van der Waals surface area contributed by atoms with E-state index in [1.807, 2.05) is 35.7 Å². The molecular formula is C21H22N2O5S2. The predicted molar refractivity (Wildman–Crippen MR) is 116 cm³/mol. The molecule has 0 unspecified atom stereocenters. The molecule has 9 heteroatoms. The van der Waals surface area contributed by atoms with Crippen LogP contribution in [0.2, 0.25) is 0 Å². The lowest BCUT2D eigenvalue weighted by molar-refractivity contribution is -0.151. The molecule has 2 atom stereocenters. The number of nitrogens with two attached hydrogens (primary N) is 1. The van der Waals surface area contributed by atoms with Crippen LogP contribution in [0.25, 0.3) is 5.57 Å². The molecule has 158 valence electrons. The van der Waals surface area contributed by atoms with Crippen molar-refractivity contribution in [3.05, 3.63) is 57.4 Å². The molecule has 7 nitrogen and oxygen atoms in total. The molecule has 2 aromatic rings. The fourth-order valence-electron chi connectivity index (χ4n) is 3.50. The maximum Gasteiger partial charge on any atom is 0.355 e. The van der Waals surface area contributed by atoms with Crippen molar-refractivity contribution >= 4 is 40.5 Å². The van der Waals surface area contributed by atoms with Crippen LogP contribution < -0.4 is 10.5 Å². The Labute approximate surface area is 182 Å². The molecule has 3 heterocycles. The first kappa shape index (κ1) is 20.9. The minimum absolute atomic E-state index is 0.0973. The summed E-state index contributed by atoms with van der Waals surface area (Å²) in [6, 6.07) is 8.64. The number of thioether (sulfide) groups is 1. The van der Waals surface area contributed by atoms with Gasteiger partial charge in [-0.15, -0.1) is 23.1 Å². The molecule has 2 aliphatic heterocycles. The molecular weight excluding hydrogens is 424 g/mol. The van der Waals surface area contributed by atoms with Gasteiger partial charge in [0.15, 0.2) is 0 Å². The van der Waals surface area contributed by atoms with E-state index < -0.39 is 12.0 Å². The second-order valence-corrected chi connectivity index (χ2v) is 8.98. The summed E-state index contributed by atoms with van der Waals surface area (Å²) in [6.45, 7) is 0.534. The average Bonchev–Trinajstić information content (AvgIpc) is 3.24. The summed E-state index contributed by atoms with van der Waals surface area (Å²) in [5.41, 5.74) is 8.77. The zero-order valence-electron chi connectivity index (χ0n) is 16.6. The lowest BCUT2D eigenvalue weighted by atomic mass is 10.00. The molecule has 0 aliphatic carbocycles. The van der Waals surface area contributed by atoms with Gasteiger partial charge in [0.05, 0.1) is 13.7 Å². The van der Waals surface area contributed by atoms with E-state index in [4.69, 9.17) is 19.9 Å². The molecule has 30 heavy (non-hydrogen) atoms. The van der Waals surface area contributed by atoms with E-state index in [0.29, 0.717) is 12.4 Å². The second kappa shape index (κ2) is 8.81. The summed E-state index contributed by atoms with van der Waals surface area (Å²) in [5.74, 6) is 0.513. The quantitative estimate of drug-likeness (QED) is 0.516. The van der Waals surface area contributed by atoms with Crippen LogP contribution in [0, 0.1) is 0 Å². The van der Waals surface area contributed by atoms with Crippen molar-refractivity contribution in [2.24, 2.45) is 5.73 Å². The Balaban J connectivity index is 1.63. The molecule has 0 spiro atoms. The number of thiophene rings is 1. The number of methoxy groups -OCH3 is 2. The number of hydrogen-bond acceptors (Lipinski definition) is 8. The Morgan fingerprint density at radius 2 is 1.97 bits per heavy atom. The fraction of sp³-hybridized carbons (Fsp3) is 0.333. The van der Waals surface area contributed by atoms with Crippen LogP contribution in [0.1, 0.15) is 16.0 Å². The van der Waals surface area contributed by atoms with Gasteiger partial charge in [-0.1, -0.05) is 12.1 Å². The highest BCUT2D eigenvalue weighted by Gasteiger charge is 2.52. The predicted octanol–water partition coefficient (Wildman–Crippen LogP) is 2.60. The van der Waals surface area contributed by atoms with Gasteiger partial charge >= 0.3 is 5.97 Å². The van der Waals surface area contributed by atoms with Crippen molar-refractivity contribution in [1.82, 2.24) is 4.90 Å². The Morgan fingerprint density at radius 3 is 2.67 bits per heavy atom. The van der Waals surface area contributed by atoms with Gasteiger partial charge in [0.25, 0.3) is 0 Å². The van der Waals surface area contributed by atoms with Gasteiger partial charge < -0.3 is 19.9 Å².